The molecule has 27 heavy (non-hydrogen) atoms. The molecule has 2 aliphatic heterocycles. The van der Waals surface area contributed by atoms with Crippen LogP contribution in [-0.4, -0.2) is 68.8 Å². The SMILES string of the molecule is COCCN(C[C@@H]1CCCN2CCCC[C@@H]12)C(=O)Cc1ccc(OC)cc1. The molecule has 0 saturated carbocycles. The number of hydrogen-bond donors (Lipinski definition) is 0. The van der Waals surface area contributed by atoms with Crippen LogP contribution in [0.25, 0.3) is 0 Å². The summed E-state index contributed by atoms with van der Waals surface area (Å²) in [6, 6.07) is 8.46. The summed E-state index contributed by atoms with van der Waals surface area (Å²) in [4.78, 5) is 17.7. The Labute approximate surface area is 163 Å². The fourth-order valence-corrected chi connectivity index (χ4v) is 4.62. The van der Waals surface area contributed by atoms with E-state index in [2.05, 4.69) is 4.90 Å². The summed E-state index contributed by atoms with van der Waals surface area (Å²) in [6.45, 7) is 4.60. The lowest BCUT2D eigenvalue weighted by Crippen LogP contribution is -2.52. The van der Waals surface area contributed by atoms with Gasteiger partial charge in [-0.2, -0.15) is 0 Å². The third-order valence-corrected chi connectivity index (χ3v) is 6.12. The molecule has 5 nitrogen and oxygen atoms in total. The maximum atomic E-state index is 13.0. The van der Waals surface area contributed by atoms with Gasteiger partial charge in [-0.25, -0.2) is 0 Å². The van der Waals surface area contributed by atoms with Crippen molar-refractivity contribution in [2.75, 3.05) is 47.0 Å². The second kappa shape index (κ2) is 10.1. The van der Waals surface area contributed by atoms with Gasteiger partial charge in [0.25, 0.3) is 0 Å². The van der Waals surface area contributed by atoms with Gasteiger partial charge in [0.1, 0.15) is 5.75 Å². The average Bonchev–Trinajstić information content (AvgIpc) is 2.71. The Hall–Kier alpha value is -1.59. The van der Waals surface area contributed by atoms with Gasteiger partial charge in [-0.1, -0.05) is 18.6 Å². The highest BCUT2D eigenvalue weighted by molar-refractivity contribution is 5.78. The van der Waals surface area contributed by atoms with Crippen LogP contribution in [0.15, 0.2) is 24.3 Å². The summed E-state index contributed by atoms with van der Waals surface area (Å²) in [7, 11) is 3.36. The number of fused-ring (bicyclic) bond motifs is 1. The van der Waals surface area contributed by atoms with E-state index in [9.17, 15) is 4.79 Å². The van der Waals surface area contributed by atoms with Gasteiger partial charge in [0, 0.05) is 26.2 Å². The second-order valence-corrected chi connectivity index (χ2v) is 7.86. The highest BCUT2D eigenvalue weighted by atomic mass is 16.5. The Bertz CT molecular complexity index is 588. The van der Waals surface area contributed by atoms with E-state index in [1.54, 1.807) is 14.2 Å². The molecule has 1 amide bonds. The number of hydrogen-bond acceptors (Lipinski definition) is 4. The number of nitrogens with zero attached hydrogens (tertiary/aromatic N) is 2. The van der Waals surface area contributed by atoms with Crippen molar-refractivity contribution in [3.05, 3.63) is 29.8 Å². The zero-order valence-electron chi connectivity index (χ0n) is 16.9. The minimum absolute atomic E-state index is 0.199. The number of carbonyl (C=O) groups excluding carboxylic acids is 1. The molecule has 0 aliphatic carbocycles. The standard InChI is InChI=1S/C22H34N2O3/c1-26-15-14-24(22(25)16-18-8-10-20(27-2)11-9-18)17-19-6-5-13-23-12-4-3-7-21(19)23/h8-11,19,21H,3-7,12-17H2,1-2H3/t19-,21-/m0/s1. The molecular formula is C22H34N2O3. The average molecular weight is 375 g/mol. The Balaban J connectivity index is 1.63. The number of piperidine rings is 2. The highest BCUT2D eigenvalue weighted by Gasteiger charge is 2.34. The Morgan fingerprint density at radius 1 is 1.11 bits per heavy atom. The van der Waals surface area contributed by atoms with E-state index in [0.29, 0.717) is 31.5 Å². The van der Waals surface area contributed by atoms with E-state index in [1.165, 1.54) is 45.2 Å². The maximum absolute atomic E-state index is 13.0. The van der Waals surface area contributed by atoms with Crippen LogP contribution in [0.2, 0.25) is 0 Å². The van der Waals surface area contributed by atoms with Crippen molar-refractivity contribution in [3.8, 4) is 5.75 Å². The minimum atomic E-state index is 0.199. The zero-order valence-corrected chi connectivity index (χ0v) is 16.9. The smallest absolute Gasteiger partial charge is 0.227 e. The van der Waals surface area contributed by atoms with Gasteiger partial charge in [0.2, 0.25) is 5.91 Å². The van der Waals surface area contributed by atoms with Crippen LogP contribution in [-0.2, 0) is 16.0 Å². The molecule has 0 N–H and O–H groups in total. The van der Waals surface area contributed by atoms with Gasteiger partial charge >= 0.3 is 0 Å². The lowest BCUT2D eigenvalue weighted by Gasteiger charge is -2.45. The molecule has 2 fully saturated rings. The van der Waals surface area contributed by atoms with E-state index in [4.69, 9.17) is 9.47 Å². The molecule has 0 radical (unpaired) electrons. The molecule has 0 spiro atoms. The van der Waals surface area contributed by atoms with Crippen molar-refractivity contribution in [1.82, 2.24) is 9.80 Å². The number of carbonyl (C=O) groups is 1. The van der Waals surface area contributed by atoms with Gasteiger partial charge in [-0.3, -0.25) is 4.79 Å². The summed E-state index contributed by atoms with van der Waals surface area (Å²) in [5.74, 6) is 1.61. The second-order valence-electron chi connectivity index (χ2n) is 7.86. The molecule has 1 aromatic carbocycles. The Morgan fingerprint density at radius 3 is 2.63 bits per heavy atom. The van der Waals surface area contributed by atoms with Gasteiger partial charge < -0.3 is 19.3 Å². The summed E-state index contributed by atoms with van der Waals surface area (Å²) in [5, 5.41) is 0. The van der Waals surface area contributed by atoms with Gasteiger partial charge in [0.05, 0.1) is 20.1 Å². The van der Waals surface area contributed by atoms with E-state index in [-0.39, 0.29) is 5.91 Å². The predicted octanol–water partition coefficient (Wildman–Crippen LogP) is 2.98. The first-order valence-corrected chi connectivity index (χ1v) is 10.3. The molecule has 2 saturated heterocycles. The molecule has 0 aromatic heterocycles. The number of benzene rings is 1. The Kier molecular flexibility index (Phi) is 7.53. The van der Waals surface area contributed by atoms with Crippen molar-refractivity contribution in [3.63, 3.8) is 0 Å². The van der Waals surface area contributed by atoms with Crippen molar-refractivity contribution in [1.29, 1.82) is 0 Å². The largest absolute Gasteiger partial charge is 0.497 e. The number of rotatable bonds is 8. The number of amides is 1. The molecule has 5 heteroatoms. The van der Waals surface area contributed by atoms with Crippen molar-refractivity contribution < 1.29 is 14.3 Å². The minimum Gasteiger partial charge on any atom is -0.497 e. The summed E-state index contributed by atoms with van der Waals surface area (Å²) in [6.07, 6.45) is 6.87. The third kappa shape index (κ3) is 5.45. The fourth-order valence-electron chi connectivity index (χ4n) is 4.62. The first-order chi connectivity index (χ1) is 13.2. The van der Waals surface area contributed by atoms with Crippen LogP contribution in [0.4, 0.5) is 0 Å². The summed E-state index contributed by atoms with van der Waals surface area (Å²) < 4.78 is 10.5. The predicted molar refractivity (Wildman–Crippen MR) is 107 cm³/mol. The van der Waals surface area contributed by atoms with Gasteiger partial charge in [-0.15, -0.1) is 0 Å². The van der Waals surface area contributed by atoms with E-state index < -0.39 is 0 Å². The first-order valence-electron chi connectivity index (χ1n) is 10.3. The van der Waals surface area contributed by atoms with Gasteiger partial charge in [-0.05, 0) is 62.4 Å². The van der Waals surface area contributed by atoms with Crippen LogP contribution >= 0.6 is 0 Å². The number of ether oxygens (including phenoxy) is 2. The lowest BCUT2D eigenvalue weighted by molar-refractivity contribution is -0.132. The van der Waals surface area contributed by atoms with Crippen molar-refractivity contribution in [2.45, 2.75) is 44.6 Å². The molecule has 150 valence electrons. The van der Waals surface area contributed by atoms with Crippen LogP contribution < -0.4 is 4.74 Å². The molecule has 2 heterocycles. The fraction of sp³-hybridized carbons (Fsp3) is 0.682. The zero-order chi connectivity index (χ0) is 19.1. The van der Waals surface area contributed by atoms with E-state index in [0.717, 1.165) is 17.9 Å². The quantitative estimate of drug-likeness (QED) is 0.702. The summed E-state index contributed by atoms with van der Waals surface area (Å²) in [5.41, 5.74) is 1.03. The Morgan fingerprint density at radius 2 is 1.89 bits per heavy atom. The van der Waals surface area contributed by atoms with E-state index in [1.807, 2.05) is 29.2 Å². The molecule has 3 rings (SSSR count). The normalized spacial score (nSPS) is 22.9. The monoisotopic (exact) mass is 374 g/mol. The topological polar surface area (TPSA) is 42.0 Å². The van der Waals surface area contributed by atoms with Crippen LogP contribution in [0.1, 0.15) is 37.7 Å². The molecular weight excluding hydrogens is 340 g/mol. The summed E-state index contributed by atoms with van der Waals surface area (Å²) >= 11 is 0. The third-order valence-electron chi connectivity index (χ3n) is 6.12. The number of methoxy groups -OCH3 is 2. The molecule has 1 aromatic rings. The first kappa shape index (κ1) is 20.2. The van der Waals surface area contributed by atoms with Gasteiger partial charge in [0.15, 0.2) is 0 Å². The van der Waals surface area contributed by atoms with E-state index >= 15 is 0 Å². The van der Waals surface area contributed by atoms with Crippen LogP contribution in [0.5, 0.6) is 5.75 Å². The van der Waals surface area contributed by atoms with Crippen molar-refractivity contribution >= 4 is 5.91 Å². The van der Waals surface area contributed by atoms with Crippen LogP contribution in [0.3, 0.4) is 0 Å². The van der Waals surface area contributed by atoms with Crippen LogP contribution in [0, 0.1) is 5.92 Å². The molecule has 0 unspecified atom stereocenters. The molecule has 0 bridgehead atoms. The highest BCUT2D eigenvalue weighted by Crippen LogP contribution is 2.31. The molecule has 2 aliphatic rings. The lowest BCUT2D eigenvalue weighted by atomic mass is 9.83. The maximum Gasteiger partial charge on any atom is 0.227 e. The molecule has 2 atom stereocenters. The van der Waals surface area contributed by atoms with Crippen molar-refractivity contribution in [2.24, 2.45) is 5.92 Å².